The lowest BCUT2D eigenvalue weighted by Gasteiger charge is -2.18. The van der Waals surface area contributed by atoms with Gasteiger partial charge in [-0.05, 0) is 30.2 Å². The fourth-order valence-electron chi connectivity index (χ4n) is 2.29. The van der Waals surface area contributed by atoms with E-state index in [1.54, 1.807) is 22.9 Å². The van der Waals surface area contributed by atoms with Crippen LogP contribution in [0.15, 0.2) is 54.7 Å². The van der Waals surface area contributed by atoms with Gasteiger partial charge in [-0.25, -0.2) is 9.59 Å². The summed E-state index contributed by atoms with van der Waals surface area (Å²) in [4.78, 5) is 23.0. The van der Waals surface area contributed by atoms with Gasteiger partial charge in [-0.3, -0.25) is 0 Å². The number of ether oxygens (including phenoxy) is 1. The summed E-state index contributed by atoms with van der Waals surface area (Å²) in [6.07, 6.45) is 4.82. The average Bonchev–Trinajstić information content (AvgIpc) is 3.01. The van der Waals surface area contributed by atoms with Gasteiger partial charge in [-0.15, -0.1) is 0 Å². The Morgan fingerprint density at radius 2 is 1.96 bits per heavy atom. The molecule has 1 atom stereocenters. The Bertz CT molecular complexity index is 688. The molecule has 5 nitrogen and oxygen atoms in total. The van der Waals surface area contributed by atoms with Crippen molar-refractivity contribution in [2.75, 3.05) is 0 Å². The van der Waals surface area contributed by atoms with Gasteiger partial charge in [0.2, 0.25) is 0 Å². The maximum Gasteiger partial charge on any atom is 0.329 e. The Kier molecular flexibility index (Phi) is 5.74. The van der Waals surface area contributed by atoms with Crippen LogP contribution in [-0.2, 0) is 20.9 Å². The molecule has 2 aromatic rings. The smallest absolute Gasteiger partial charge is 0.329 e. The average molecular weight is 313 g/mol. The van der Waals surface area contributed by atoms with Crippen molar-refractivity contribution in [3.05, 3.63) is 66.0 Å². The van der Waals surface area contributed by atoms with Gasteiger partial charge in [-0.1, -0.05) is 37.3 Å². The Morgan fingerprint density at radius 1 is 1.22 bits per heavy atom. The number of hydrogen-bond donors (Lipinski definition) is 1. The number of rotatable bonds is 7. The first kappa shape index (κ1) is 16.5. The van der Waals surface area contributed by atoms with Crippen LogP contribution in [0.2, 0.25) is 0 Å². The van der Waals surface area contributed by atoms with Gasteiger partial charge >= 0.3 is 11.9 Å². The molecule has 120 valence electrons. The zero-order chi connectivity index (χ0) is 16.7. The second kappa shape index (κ2) is 7.98. The second-order valence-corrected chi connectivity index (χ2v) is 5.03. The zero-order valence-electron chi connectivity index (χ0n) is 12.9. The van der Waals surface area contributed by atoms with Gasteiger partial charge in [0, 0.05) is 18.0 Å². The number of carboxylic acids is 1. The van der Waals surface area contributed by atoms with E-state index in [0.29, 0.717) is 12.1 Å². The van der Waals surface area contributed by atoms with Gasteiger partial charge in [0.25, 0.3) is 0 Å². The molecule has 2 rings (SSSR count). The minimum Gasteiger partial charge on any atom is -0.478 e. The van der Waals surface area contributed by atoms with E-state index in [2.05, 4.69) is 0 Å². The van der Waals surface area contributed by atoms with E-state index in [1.807, 2.05) is 37.3 Å². The second-order valence-electron chi connectivity index (χ2n) is 5.03. The molecule has 5 heteroatoms. The van der Waals surface area contributed by atoms with Gasteiger partial charge in [0.15, 0.2) is 0 Å². The van der Waals surface area contributed by atoms with E-state index in [0.717, 1.165) is 11.6 Å². The Hall–Kier alpha value is -2.82. The van der Waals surface area contributed by atoms with Gasteiger partial charge in [-0.2, -0.15) is 0 Å². The number of nitrogens with zero attached hydrogens (tertiary/aromatic N) is 1. The Labute approximate surface area is 134 Å². The van der Waals surface area contributed by atoms with E-state index in [9.17, 15) is 9.59 Å². The molecule has 0 spiro atoms. The SMILES string of the molecule is CCC(C(=O)OCc1ccccc1)n1cccc1/C=C/C(=O)O. The molecule has 1 unspecified atom stereocenters. The van der Waals surface area contributed by atoms with Gasteiger partial charge < -0.3 is 14.4 Å². The van der Waals surface area contributed by atoms with Crippen LogP contribution in [-0.4, -0.2) is 21.6 Å². The normalized spacial score (nSPS) is 12.2. The summed E-state index contributed by atoms with van der Waals surface area (Å²) in [5, 5.41) is 8.73. The van der Waals surface area contributed by atoms with Crippen LogP contribution < -0.4 is 0 Å². The lowest BCUT2D eigenvalue weighted by atomic mass is 10.2. The maximum absolute atomic E-state index is 12.4. The first-order chi connectivity index (χ1) is 11.1. The first-order valence-electron chi connectivity index (χ1n) is 7.40. The van der Waals surface area contributed by atoms with Crippen LogP contribution in [0.4, 0.5) is 0 Å². The molecule has 1 aromatic carbocycles. The quantitative estimate of drug-likeness (QED) is 0.629. The predicted molar refractivity (Wildman–Crippen MR) is 86.7 cm³/mol. The third kappa shape index (κ3) is 4.57. The summed E-state index contributed by atoms with van der Waals surface area (Å²) in [6, 6.07) is 12.5. The van der Waals surface area contributed by atoms with Gasteiger partial charge in [0.05, 0.1) is 0 Å². The van der Waals surface area contributed by atoms with Crippen molar-refractivity contribution in [1.82, 2.24) is 4.57 Å². The molecule has 1 heterocycles. The summed E-state index contributed by atoms with van der Waals surface area (Å²) in [6.45, 7) is 2.11. The summed E-state index contributed by atoms with van der Waals surface area (Å²) in [5.74, 6) is -1.37. The third-order valence-corrected chi connectivity index (χ3v) is 3.43. The molecule has 0 saturated carbocycles. The van der Waals surface area contributed by atoms with E-state index in [1.165, 1.54) is 6.08 Å². The topological polar surface area (TPSA) is 68.5 Å². The van der Waals surface area contributed by atoms with Crippen molar-refractivity contribution in [2.24, 2.45) is 0 Å². The summed E-state index contributed by atoms with van der Waals surface area (Å²) < 4.78 is 7.11. The van der Waals surface area contributed by atoms with Crippen LogP contribution in [0, 0.1) is 0 Å². The predicted octanol–water partition coefficient (Wildman–Crippen LogP) is 3.28. The molecule has 0 aliphatic carbocycles. The fourth-order valence-corrected chi connectivity index (χ4v) is 2.29. The molecule has 0 aliphatic rings. The third-order valence-electron chi connectivity index (χ3n) is 3.43. The number of carboxylic acid groups (broad SMARTS) is 1. The summed E-state index contributed by atoms with van der Waals surface area (Å²) in [7, 11) is 0. The zero-order valence-corrected chi connectivity index (χ0v) is 12.9. The molecular weight excluding hydrogens is 294 g/mol. The number of hydrogen-bond acceptors (Lipinski definition) is 3. The molecule has 0 aliphatic heterocycles. The molecule has 0 bridgehead atoms. The molecule has 0 fully saturated rings. The van der Waals surface area contributed by atoms with Crippen LogP contribution in [0.5, 0.6) is 0 Å². The lowest BCUT2D eigenvalue weighted by Crippen LogP contribution is -2.21. The minimum atomic E-state index is -1.03. The van der Waals surface area contributed by atoms with Crippen molar-refractivity contribution < 1.29 is 19.4 Å². The van der Waals surface area contributed by atoms with Crippen molar-refractivity contribution in [3.63, 3.8) is 0 Å². The van der Waals surface area contributed by atoms with E-state index in [-0.39, 0.29) is 12.6 Å². The van der Waals surface area contributed by atoms with Crippen molar-refractivity contribution in [3.8, 4) is 0 Å². The van der Waals surface area contributed by atoms with Crippen molar-refractivity contribution >= 4 is 18.0 Å². The molecule has 23 heavy (non-hydrogen) atoms. The molecule has 0 amide bonds. The summed E-state index contributed by atoms with van der Waals surface area (Å²) in [5.41, 5.74) is 1.57. The molecular formula is C18H19NO4. The molecule has 0 radical (unpaired) electrons. The number of aromatic nitrogens is 1. The number of aliphatic carboxylic acids is 1. The first-order valence-corrected chi connectivity index (χ1v) is 7.40. The highest BCUT2D eigenvalue weighted by atomic mass is 16.5. The number of esters is 1. The monoisotopic (exact) mass is 313 g/mol. The van der Waals surface area contributed by atoms with E-state index in [4.69, 9.17) is 9.84 Å². The highest BCUT2D eigenvalue weighted by Gasteiger charge is 2.21. The molecule has 0 saturated heterocycles. The molecule has 1 N–H and O–H groups in total. The van der Waals surface area contributed by atoms with Crippen LogP contribution >= 0.6 is 0 Å². The Morgan fingerprint density at radius 3 is 2.61 bits per heavy atom. The highest BCUT2D eigenvalue weighted by Crippen LogP contribution is 2.19. The number of carbonyl (C=O) groups excluding carboxylic acids is 1. The van der Waals surface area contributed by atoms with Crippen LogP contribution in [0.25, 0.3) is 6.08 Å². The van der Waals surface area contributed by atoms with Crippen molar-refractivity contribution in [1.29, 1.82) is 0 Å². The number of carbonyl (C=O) groups is 2. The highest BCUT2D eigenvalue weighted by molar-refractivity contribution is 5.85. The Balaban J connectivity index is 2.08. The van der Waals surface area contributed by atoms with Crippen LogP contribution in [0.3, 0.4) is 0 Å². The standard InChI is InChI=1S/C18H19NO4/c1-2-16(18(22)23-13-14-7-4-3-5-8-14)19-12-6-9-15(19)10-11-17(20)21/h3-12,16H,2,13H2,1H3,(H,20,21)/b11-10+. The maximum atomic E-state index is 12.4. The number of benzene rings is 1. The summed E-state index contributed by atoms with van der Waals surface area (Å²) >= 11 is 0. The fraction of sp³-hybridized carbons (Fsp3) is 0.222. The van der Waals surface area contributed by atoms with Crippen LogP contribution in [0.1, 0.15) is 30.6 Å². The van der Waals surface area contributed by atoms with Gasteiger partial charge in [0.1, 0.15) is 12.6 Å². The molecule has 1 aromatic heterocycles. The van der Waals surface area contributed by atoms with E-state index < -0.39 is 12.0 Å². The minimum absolute atomic E-state index is 0.220. The van der Waals surface area contributed by atoms with E-state index >= 15 is 0 Å². The lowest BCUT2D eigenvalue weighted by molar-refractivity contribution is -0.149. The van der Waals surface area contributed by atoms with Crippen molar-refractivity contribution in [2.45, 2.75) is 26.0 Å². The largest absolute Gasteiger partial charge is 0.478 e.